The van der Waals surface area contributed by atoms with Crippen molar-refractivity contribution in [2.45, 2.75) is 63.2 Å². The van der Waals surface area contributed by atoms with Gasteiger partial charge in [0.15, 0.2) is 6.29 Å². The highest BCUT2D eigenvalue weighted by Gasteiger charge is 2.47. The molecule has 6 N–H and O–H groups in total. The van der Waals surface area contributed by atoms with Crippen LogP contribution in [0.15, 0.2) is 42.3 Å². The van der Waals surface area contributed by atoms with E-state index in [0.717, 1.165) is 18.5 Å². The van der Waals surface area contributed by atoms with Gasteiger partial charge in [-0.15, -0.1) is 0 Å². The van der Waals surface area contributed by atoms with Gasteiger partial charge in [-0.3, -0.25) is 0 Å². The summed E-state index contributed by atoms with van der Waals surface area (Å²) >= 11 is 0. The van der Waals surface area contributed by atoms with E-state index in [-0.39, 0.29) is 11.8 Å². The largest absolute Gasteiger partial charge is 0.472 e. The Balaban J connectivity index is 1.39. The number of rotatable bonds is 11. The topological polar surface area (TPSA) is 163 Å². The Bertz CT molecular complexity index is 1090. The summed E-state index contributed by atoms with van der Waals surface area (Å²) in [6, 6.07) is 8.16. The number of carbonyl (C=O) groups excluding carboxylic acids is 1. The van der Waals surface area contributed by atoms with Crippen LogP contribution in [0, 0.1) is 11.8 Å². The lowest BCUT2D eigenvalue weighted by atomic mass is 9.80. The van der Waals surface area contributed by atoms with Crippen LogP contribution in [0.3, 0.4) is 0 Å². The predicted octanol–water partition coefficient (Wildman–Crippen LogP) is 0.562. The fourth-order valence-corrected chi connectivity index (χ4v) is 5.30. The first kappa shape index (κ1) is 28.5. The molecule has 0 spiro atoms. The smallest absolute Gasteiger partial charge is 0.337 e. The molecule has 11 heteroatoms. The molecule has 1 saturated heterocycles. The number of hydrogen-bond acceptors (Lipinski definition) is 10. The van der Waals surface area contributed by atoms with E-state index in [4.69, 9.17) is 18.9 Å². The summed E-state index contributed by atoms with van der Waals surface area (Å²) in [6.45, 7) is 2.76. The Labute approximate surface area is 221 Å². The number of hydrogen-bond donors (Lipinski definition) is 6. The summed E-state index contributed by atoms with van der Waals surface area (Å²) in [4.78, 5) is 15.8. The highest BCUT2D eigenvalue weighted by atomic mass is 16.8. The maximum absolute atomic E-state index is 12.5. The maximum atomic E-state index is 12.5. The Hall–Kier alpha value is -2.51. The minimum atomic E-state index is -1.56. The summed E-state index contributed by atoms with van der Waals surface area (Å²) in [5.41, 5.74) is 2.73. The monoisotopic (exact) mass is 534 g/mol. The number of aliphatic hydroxyl groups excluding tert-OH is 4. The van der Waals surface area contributed by atoms with E-state index in [0.29, 0.717) is 25.0 Å². The first-order valence-corrected chi connectivity index (χ1v) is 13.0. The van der Waals surface area contributed by atoms with Gasteiger partial charge >= 0.3 is 5.97 Å². The summed E-state index contributed by atoms with van der Waals surface area (Å²) < 4.78 is 22.1. The number of benzene rings is 1. The lowest BCUT2D eigenvalue weighted by Crippen LogP contribution is -2.60. The van der Waals surface area contributed by atoms with Gasteiger partial charge in [0.1, 0.15) is 24.4 Å². The van der Waals surface area contributed by atoms with Crippen molar-refractivity contribution in [2.75, 3.05) is 26.8 Å². The third-order valence-electron chi connectivity index (χ3n) is 7.48. The zero-order valence-corrected chi connectivity index (χ0v) is 21.7. The lowest BCUT2D eigenvalue weighted by Gasteiger charge is -2.43. The van der Waals surface area contributed by atoms with E-state index in [1.165, 1.54) is 24.3 Å². The van der Waals surface area contributed by atoms with Crippen molar-refractivity contribution >= 4 is 16.9 Å². The van der Waals surface area contributed by atoms with E-state index in [1.54, 1.807) is 0 Å². The van der Waals surface area contributed by atoms with Crippen molar-refractivity contribution in [3.63, 3.8) is 0 Å². The molecule has 1 aromatic carbocycles. The number of ether oxygens (including phenoxy) is 4. The SMILES string of the molecule is CC[C@H]1[C@H](O[C@@H]2O[C@H](CO)[C@@H](O)[C@H](O)[C@H]2O)OC=C(C(=O)OC)[C@H]1CCNCCc1c[nH]c2ccccc12. The van der Waals surface area contributed by atoms with Gasteiger partial charge in [-0.2, -0.15) is 0 Å². The predicted molar refractivity (Wildman–Crippen MR) is 137 cm³/mol. The van der Waals surface area contributed by atoms with E-state index >= 15 is 0 Å². The molecule has 2 aliphatic heterocycles. The number of fused-ring (bicyclic) bond motifs is 1. The first-order valence-electron chi connectivity index (χ1n) is 13.0. The molecule has 0 radical (unpaired) electrons. The average molecular weight is 535 g/mol. The summed E-state index contributed by atoms with van der Waals surface area (Å²) in [5.74, 6) is -1.05. The molecule has 38 heavy (non-hydrogen) atoms. The number of H-pyrrole nitrogens is 1. The van der Waals surface area contributed by atoms with Crippen molar-refractivity contribution in [2.24, 2.45) is 11.8 Å². The van der Waals surface area contributed by atoms with Gasteiger partial charge in [0.2, 0.25) is 6.29 Å². The van der Waals surface area contributed by atoms with Gasteiger partial charge < -0.3 is 49.7 Å². The highest BCUT2D eigenvalue weighted by molar-refractivity contribution is 5.88. The molecular weight excluding hydrogens is 496 g/mol. The molecule has 0 unspecified atom stereocenters. The number of nitrogens with one attached hydrogen (secondary N) is 2. The van der Waals surface area contributed by atoms with Gasteiger partial charge in [-0.1, -0.05) is 25.1 Å². The van der Waals surface area contributed by atoms with E-state index in [9.17, 15) is 25.2 Å². The number of carbonyl (C=O) groups is 1. The molecular formula is C27H38N2O9. The lowest BCUT2D eigenvalue weighted by molar-refractivity contribution is -0.341. The number of methoxy groups -OCH3 is 1. The van der Waals surface area contributed by atoms with Crippen molar-refractivity contribution in [3.8, 4) is 0 Å². The van der Waals surface area contributed by atoms with Crippen LogP contribution < -0.4 is 5.32 Å². The fourth-order valence-electron chi connectivity index (χ4n) is 5.30. The Morgan fingerprint density at radius 2 is 1.89 bits per heavy atom. The molecule has 8 atom stereocenters. The van der Waals surface area contributed by atoms with Crippen molar-refractivity contribution in [1.82, 2.24) is 10.3 Å². The number of aromatic amines is 1. The van der Waals surface area contributed by atoms with Gasteiger partial charge in [-0.25, -0.2) is 4.79 Å². The Morgan fingerprint density at radius 1 is 1.11 bits per heavy atom. The highest BCUT2D eigenvalue weighted by Crippen LogP contribution is 2.38. The molecule has 1 fully saturated rings. The second kappa shape index (κ2) is 13.0. The summed E-state index contributed by atoms with van der Waals surface area (Å²) in [5, 5.41) is 44.7. The summed E-state index contributed by atoms with van der Waals surface area (Å²) in [7, 11) is 1.32. The first-order chi connectivity index (χ1) is 18.4. The van der Waals surface area contributed by atoms with E-state index < -0.39 is 49.6 Å². The average Bonchev–Trinajstić information content (AvgIpc) is 3.35. The van der Waals surface area contributed by atoms with Crippen LogP contribution >= 0.6 is 0 Å². The van der Waals surface area contributed by atoms with E-state index in [1.807, 2.05) is 31.3 Å². The van der Waals surface area contributed by atoms with Crippen molar-refractivity contribution in [3.05, 3.63) is 47.9 Å². The van der Waals surface area contributed by atoms with Crippen LogP contribution in [0.5, 0.6) is 0 Å². The molecule has 4 rings (SSSR count). The second-order valence-corrected chi connectivity index (χ2v) is 9.73. The van der Waals surface area contributed by atoms with Crippen LogP contribution in [0.1, 0.15) is 25.3 Å². The number of aromatic nitrogens is 1. The standard InChI is InChI=1S/C27H38N2O9/c1-3-16-18(9-11-28-10-8-15-12-29-20-7-5-4-6-17(15)20)19(25(34)35-2)14-36-26(16)38-27-24(33)23(32)22(31)21(13-30)37-27/h4-7,12,14,16,18,21-24,26-33H,3,8-11,13H2,1-2H3/t16-,18+,21-,22-,23+,24-,26+,27+/m1/s1. The van der Waals surface area contributed by atoms with Crippen molar-refractivity contribution in [1.29, 1.82) is 0 Å². The Kier molecular flexibility index (Phi) is 9.77. The van der Waals surface area contributed by atoms with Crippen LogP contribution in [0.25, 0.3) is 10.9 Å². The van der Waals surface area contributed by atoms with Crippen LogP contribution in [-0.2, 0) is 30.2 Å². The van der Waals surface area contributed by atoms with Crippen LogP contribution in [-0.4, -0.2) is 95.2 Å². The molecule has 0 amide bonds. The van der Waals surface area contributed by atoms with Gasteiger partial charge in [0.25, 0.3) is 0 Å². The fraction of sp³-hybridized carbons (Fsp3) is 0.593. The van der Waals surface area contributed by atoms with Crippen molar-refractivity contribution < 1.29 is 44.2 Å². The van der Waals surface area contributed by atoms with Crippen LogP contribution in [0.2, 0.25) is 0 Å². The zero-order chi connectivity index (χ0) is 27.2. The minimum absolute atomic E-state index is 0.267. The molecule has 11 nitrogen and oxygen atoms in total. The molecule has 1 aromatic heterocycles. The van der Waals surface area contributed by atoms with Crippen LogP contribution in [0.4, 0.5) is 0 Å². The molecule has 2 aromatic rings. The Morgan fingerprint density at radius 3 is 2.63 bits per heavy atom. The van der Waals surface area contributed by atoms with E-state index in [2.05, 4.69) is 16.4 Å². The number of para-hydroxylation sites is 1. The molecule has 3 heterocycles. The van der Waals surface area contributed by atoms with Gasteiger partial charge in [0, 0.05) is 28.9 Å². The third kappa shape index (κ3) is 6.04. The van der Waals surface area contributed by atoms with Gasteiger partial charge in [-0.05, 0) is 44.0 Å². The summed E-state index contributed by atoms with van der Waals surface area (Å²) in [6.07, 6.45) is -2.56. The normalized spacial score (nSPS) is 31.6. The molecule has 210 valence electrons. The molecule has 0 aliphatic carbocycles. The minimum Gasteiger partial charge on any atom is -0.472 e. The quantitative estimate of drug-likeness (QED) is 0.177. The molecule has 0 saturated carbocycles. The third-order valence-corrected chi connectivity index (χ3v) is 7.48. The molecule has 0 bridgehead atoms. The zero-order valence-electron chi connectivity index (χ0n) is 21.7. The maximum Gasteiger partial charge on any atom is 0.337 e. The molecule has 2 aliphatic rings. The second-order valence-electron chi connectivity index (χ2n) is 9.73. The number of aliphatic hydroxyl groups is 4. The van der Waals surface area contributed by atoms with Gasteiger partial charge in [0.05, 0.1) is 25.6 Å². The number of esters is 1.